The second kappa shape index (κ2) is 6.07. The van der Waals surface area contributed by atoms with Crippen molar-refractivity contribution >= 4 is 11.6 Å². The molecule has 1 heterocycles. The van der Waals surface area contributed by atoms with Crippen molar-refractivity contribution in [1.29, 1.82) is 0 Å². The first-order valence-corrected chi connectivity index (χ1v) is 7.25. The van der Waals surface area contributed by atoms with Gasteiger partial charge in [0.1, 0.15) is 11.6 Å². The molecule has 2 unspecified atom stereocenters. The molecule has 2 atom stereocenters. The number of hydrogen-bond donors (Lipinski definition) is 2. The number of alkyl halides is 3. The second-order valence-electron chi connectivity index (χ2n) is 5.94. The van der Waals surface area contributed by atoms with E-state index in [9.17, 15) is 13.2 Å². The summed E-state index contributed by atoms with van der Waals surface area (Å²) < 4.78 is 38.2. The Morgan fingerprint density at radius 1 is 1.24 bits per heavy atom. The highest BCUT2D eigenvalue weighted by Gasteiger charge is 2.36. The van der Waals surface area contributed by atoms with Crippen LogP contribution < -0.4 is 11.1 Å². The molecule has 0 saturated heterocycles. The lowest BCUT2D eigenvalue weighted by molar-refractivity contribution is -0.144. The molecule has 1 aliphatic carbocycles. The van der Waals surface area contributed by atoms with Crippen molar-refractivity contribution in [3.63, 3.8) is 0 Å². The Morgan fingerprint density at radius 2 is 1.90 bits per heavy atom. The third-order valence-electron chi connectivity index (χ3n) is 4.01. The van der Waals surface area contributed by atoms with E-state index in [0.29, 0.717) is 11.8 Å². The summed E-state index contributed by atoms with van der Waals surface area (Å²) in [5.74, 6) is -0.292. The van der Waals surface area contributed by atoms with Crippen LogP contribution in [0.4, 0.5) is 24.8 Å². The van der Waals surface area contributed by atoms with E-state index in [1.165, 1.54) is 12.5 Å². The number of halogens is 3. The number of nitrogens with two attached hydrogens (primary N) is 1. The summed E-state index contributed by atoms with van der Waals surface area (Å²) in [7, 11) is 0. The summed E-state index contributed by atoms with van der Waals surface area (Å²) in [5.41, 5.74) is 5.46. The molecule has 1 aromatic rings. The first kappa shape index (κ1) is 15.9. The summed E-state index contributed by atoms with van der Waals surface area (Å²) >= 11 is 0. The minimum atomic E-state index is -4.59. The van der Waals surface area contributed by atoms with E-state index in [0.717, 1.165) is 19.3 Å². The van der Waals surface area contributed by atoms with Crippen LogP contribution in [0.2, 0.25) is 0 Å². The van der Waals surface area contributed by atoms with Gasteiger partial charge in [-0.25, -0.2) is 9.97 Å². The maximum absolute atomic E-state index is 12.7. The highest BCUT2D eigenvalue weighted by molar-refractivity contribution is 5.45. The van der Waals surface area contributed by atoms with Gasteiger partial charge in [-0.05, 0) is 24.7 Å². The van der Waals surface area contributed by atoms with Crippen molar-refractivity contribution < 1.29 is 13.2 Å². The molecule has 1 saturated carbocycles. The van der Waals surface area contributed by atoms with Gasteiger partial charge >= 0.3 is 6.18 Å². The highest BCUT2D eigenvalue weighted by atomic mass is 19.4. The van der Waals surface area contributed by atoms with Gasteiger partial charge in [-0.2, -0.15) is 13.2 Å². The van der Waals surface area contributed by atoms with Gasteiger partial charge in [0.15, 0.2) is 0 Å². The quantitative estimate of drug-likeness (QED) is 0.893. The van der Waals surface area contributed by atoms with Crippen molar-refractivity contribution in [1.82, 2.24) is 9.97 Å². The van der Waals surface area contributed by atoms with E-state index < -0.39 is 12.0 Å². The molecule has 4 nitrogen and oxygen atoms in total. The molecular weight excluding hydrogens is 281 g/mol. The minimum Gasteiger partial charge on any atom is -0.384 e. The normalized spacial score (nSPS) is 23.3. The summed E-state index contributed by atoms with van der Waals surface area (Å²) in [6.07, 6.45) is -0.319. The van der Waals surface area contributed by atoms with Crippen molar-refractivity contribution in [3.8, 4) is 0 Å². The van der Waals surface area contributed by atoms with Gasteiger partial charge in [0, 0.05) is 12.1 Å². The van der Waals surface area contributed by atoms with E-state index in [1.54, 1.807) is 0 Å². The molecule has 1 aromatic heterocycles. The second-order valence-corrected chi connectivity index (χ2v) is 5.94. The van der Waals surface area contributed by atoms with Crippen LogP contribution in [-0.4, -0.2) is 16.0 Å². The van der Waals surface area contributed by atoms with Crippen LogP contribution in [0.5, 0.6) is 0 Å². The number of nitrogen functional groups attached to an aromatic ring is 1. The fourth-order valence-corrected chi connectivity index (χ4v) is 2.99. The van der Waals surface area contributed by atoms with E-state index in [-0.39, 0.29) is 17.7 Å². The molecule has 0 amide bonds. The van der Waals surface area contributed by atoms with E-state index in [2.05, 4.69) is 29.1 Å². The van der Waals surface area contributed by atoms with Crippen molar-refractivity contribution in [2.24, 2.45) is 11.8 Å². The van der Waals surface area contributed by atoms with Gasteiger partial charge in [-0.15, -0.1) is 0 Å². The number of hydrogen-bond acceptors (Lipinski definition) is 4. The Kier molecular flexibility index (Phi) is 4.58. The van der Waals surface area contributed by atoms with Gasteiger partial charge in [0.05, 0.1) is 0 Å². The van der Waals surface area contributed by atoms with Crippen molar-refractivity contribution in [3.05, 3.63) is 11.9 Å². The van der Waals surface area contributed by atoms with Crippen LogP contribution in [0, 0.1) is 11.8 Å². The maximum Gasteiger partial charge on any atom is 0.451 e. The predicted molar refractivity (Wildman–Crippen MR) is 75.7 cm³/mol. The highest BCUT2D eigenvalue weighted by Crippen LogP contribution is 2.33. The molecule has 1 fully saturated rings. The number of nitrogens with zero attached hydrogens (tertiary/aromatic N) is 2. The predicted octanol–water partition coefficient (Wildman–Crippen LogP) is 3.70. The van der Waals surface area contributed by atoms with Crippen LogP contribution in [0.3, 0.4) is 0 Å². The third kappa shape index (κ3) is 3.98. The van der Waals surface area contributed by atoms with Gasteiger partial charge in [0.2, 0.25) is 5.82 Å². The number of nitrogens with one attached hydrogen (secondary N) is 1. The molecule has 0 spiro atoms. The average molecular weight is 302 g/mol. The zero-order valence-electron chi connectivity index (χ0n) is 12.2. The lowest BCUT2D eigenvalue weighted by atomic mass is 9.78. The fraction of sp³-hybridized carbons (Fsp3) is 0.714. The van der Waals surface area contributed by atoms with Gasteiger partial charge in [-0.1, -0.05) is 26.7 Å². The Hall–Kier alpha value is -1.53. The van der Waals surface area contributed by atoms with Crippen LogP contribution in [0.15, 0.2) is 6.07 Å². The molecule has 0 radical (unpaired) electrons. The summed E-state index contributed by atoms with van der Waals surface area (Å²) in [4.78, 5) is 6.82. The maximum atomic E-state index is 12.7. The molecule has 2 rings (SSSR count). The molecule has 21 heavy (non-hydrogen) atoms. The van der Waals surface area contributed by atoms with E-state index >= 15 is 0 Å². The van der Waals surface area contributed by atoms with E-state index in [1.807, 2.05) is 0 Å². The SMILES string of the molecule is CC(C)C1CCCCC1Nc1cc(N)nc(C(F)(F)F)n1. The van der Waals surface area contributed by atoms with Crippen LogP contribution in [0.25, 0.3) is 0 Å². The summed E-state index contributed by atoms with van der Waals surface area (Å²) in [5, 5.41) is 3.13. The van der Waals surface area contributed by atoms with E-state index in [4.69, 9.17) is 5.73 Å². The average Bonchev–Trinajstić information content (AvgIpc) is 2.37. The van der Waals surface area contributed by atoms with Crippen LogP contribution >= 0.6 is 0 Å². The monoisotopic (exact) mass is 302 g/mol. The molecule has 0 aromatic carbocycles. The Balaban J connectivity index is 2.20. The molecule has 3 N–H and O–H groups in total. The van der Waals surface area contributed by atoms with Gasteiger partial charge in [-0.3, -0.25) is 0 Å². The smallest absolute Gasteiger partial charge is 0.384 e. The molecule has 0 aliphatic heterocycles. The molecular formula is C14H21F3N4. The first-order valence-electron chi connectivity index (χ1n) is 7.25. The largest absolute Gasteiger partial charge is 0.451 e. The van der Waals surface area contributed by atoms with Crippen LogP contribution in [0.1, 0.15) is 45.4 Å². The minimum absolute atomic E-state index is 0.133. The third-order valence-corrected chi connectivity index (χ3v) is 4.01. The number of anilines is 2. The first-order chi connectivity index (χ1) is 9.77. The Labute approximate surface area is 122 Å². The zero-order chi connectivity index (χ0) is 15.6. The fourth-order valence-electron chi connectivity index (χ4n) is 2.99. The number of rotatable bonds is 3. The molecule has 1 aliphatic rings. The Morgan fingerprint density at radius 3 is 2.52 bits per heavy atom. The lowest BCUT2D eigenvalue weighted by Crippen LogP contribution is -2.35. The molecule has 7 heteroatoms. The van der Waals surface area contributed by atoms with Crippen molar-refractivity contribution in [2.75, 3.05) is 11.1 Å². The topological polar surface area (TPSA) is 63.8 Å². The van der Waals surface area contributed by atoms with Gasteiger partial charge < -0.3 is 11.1 Å². The lowest BCUT2D eigenvalue weighted by Gasteiger charge is -2.35. The number of aromatic nitrogens is 2. The molecule has 0 bridgehead atoms. The van der Waals surface area contributed by atoms with Crippen LogP contribution in [-0.2, 0) is 6.18 Å². The zero-order valence-corrected chi connectivity index (χ0v) is 12.2. The summed E-state index contributed by atoms with van der Waals surface area (Å²) in [6.45, 7) is 4.28. The standard InChI is InChI=1S/C14H21F3N4/c1-8(2)9-5-3-4-6-10(9)19-12-7-11(18)20-13(21-12)14(15,16)17/h7-10H,3-6H2,1-2H3,(H3,18,19,20,21). The van der Waals surface area contributed by atoms with Gasteiger partial charge in [0.25, 0.3) is 0 Å². The molecule has 118 valence electrons. The Bertz CT molecular complexity index is 488. The summed E-state index contributed by atoms with van der Waals surface area (Å²) in [6, 6.07) is 1.50. The van der Waals surface area contributed by atoms with Crippen molar-refractivity contribution in [2.45, 2.75) is 51.7 Å².